The number of nitrogens with zero attached hydrogens (tertiary/aromatic N) is 1. The summed E-state index contributed by atoms with van der Waals surface area (Å²) in [6.45, 7) is 3.52. The predicted molar refractivity (Wildman–Crippen MR) is 37.0 cm³/mol. The molecule has 52 valence electrons. The third-order valence-electron chi connectivity index (χ3n) is 2.83. The van der Waals surface area contributed by atoms with Gasteiger partial charge in [0.15, 0.2) is 0 Å². The van der Waals surface area contributed by atoms with Gasteiger partial charge in [0, 0.05) is 13.1 Å². The van der Waals surface area contributed by atoms with E-state index in [-0.39, 0.29) is 0 Å². The molecular formula is C7H14N2. The second-order valence-electron chi connectivity index (χ2n) is 3.45. The fourth-order valence-electron chi connectivity index (χ4n) is 2.21. The average molecular weight is 126 g/mol. The summed E-state index contributed by atoms with van der Waals surface area (Å²) in [5, 5.41) is 0. The monoisotopic (exact) mass is 126 g/mol. The molecule has 2 heteroatoms. The van der Waals surface area contributed by atoms with Crippen LogP contribution in [-0.2, 0) is 0 Å². The molecule has 2 atom stereocenters. The summed E-state index contributed by atoms with van der Waals surface area (Å²) in [7, 11) is 2.19. The number of piperidine rings is 1. The van der Waals surface area contributed by atoms with Crippen LogP contribution in [0.3, 0.4) is 0 Å². The van der Waals surface area contributed by atoms with E-state index in [2.05, 4.69) is 11.9 Å². The molecule has 0 aromatic rings. The highest BCUT2D eigenvalue weighted by Gasteiger charge is 2.53. The zero-order valence-electron chi connectivity index (χ0n) is 5.88. The highest BCUT2D eigenvalue weighted by atomic mass is 15.2. The molecule has 0 bridgehead atoms. The summed E-state index contributed by atoms with van der Waals surface area (Å²) < 4.78 is 0. The van der Waals surface area contributed by atoms with E-state index >= 15 is 0 Å². The number of rotatable bonds is 1. The van der Waals surface area contributed by atoms with Gasteiger partial charge in [-0.05, 0) is 31.3 Å². The Kier molecular flexibility index (Phi) is 1.08. The van der Waals surface area contributed by atoms with Crippen molar-refractivity contribution in [3.8, 4) is 0 Å². The summed E-state index contributed by atoms with van der Waals surface area (Å²) in [4.78, 5) is 2.40. The van der Waals surface area contributed by atoms with Gasteiger partial charge in [-0.1, -0.05) is 0 Å². The van der Waals surface area contributed by atoms with E-state index in [1.54, 1.807) is 0 Å². The van der Waals surface area contributed by atoms with Crippen LogP contribution in [0.5, 0.6) is 0 Å². The number of nitrogens with two attached hydrogens (primary N) is 1. The molecule has 2 nitrogen and oxygen atoms in total. The highest BCUT2D eigenvalue weighted by Crippen LogP contribution is 2.50. The lowest BCUT2D eigenvalue weighted by Crippen LogP contribution is -2.21. The second kappa shape index (κ2) is 1.70. The van der Waals surface area contributed by atoms with Gasteiger partial charge in [0.1, 0.15) is 0 Å². The first-order valence-corrected chi connectivity index (χ1v) is 3.71. The maximum atomic E-state index is 5.55. The van der Waals surface area contributed by atoms with Crippen LogP contribution in [-0.4, -0.2) is 31.6 Å². The SMILES string of the molecule is CN1CC2C(CN)C2C1. The molecule has 1 aliphatic heterocycles. The zero-order chi connectivity index (χ0) is 6.43. The fraction of sp³-hybridized carbons (Fsp3) is 1.00. The Morgan fingerprint density at radius 3 is 2.44 bits per heavy atom. The Morgan fingerprint density at radius 1 is 1.44 bits per heavy atom. The lowest BCUT2D eigenvalue weighted by atomic mass is 10.3. The maximum absolute atomic E-state index is 5.55. The van der Waals surface area contributed by atoms with E-state index in [1.165, 1.54) is 13.1 Å². The van der Waals surface area contributed by atoms with Crippen molar-refractivity contribution in [1.82, 2.24) is 4.90 Å². The Balaban J connectivity index is 1.91. The topological polar surface area (TPSA) is 29.3 Å². The lowest BCUT2D eigenvalue weighted by molar-refractivity contribution is 0.346. The van der Waals surface area contributed by atoms with Crippen LogP contribution in [0.4, 0.5) is 0 Å². The van der Waals surface area contributed by atoms with Gasteiger partial charge >= 0.3 is 0 Å². The minimum absolute atomic E-state index is 0.890. The van der Waals surface area contributed by atoms with Crippen molar-refractivity contribution >= 4 is 0 Å². The first-order valence-electron chi connectivity index (χ1n) is 3.71. The van der Waals surface area contributed by atoms with Gasteiger partial charge in [0.2, 0.25) is 0 Å². The van der Waals surface area contributed by atoms with Crippen molar-refractivity contribution in [3.63, 3.8) is 0 Å². The number of likely N-dealkylation sites (tertiary alicyclic amines) is 1. The molecule has 9 heavy (non-hydrogen) atoms. The fourth-order valence-corrected chi connectivity index (χ4v) is 2.21. The van der Waals surface area contributed by atoms with E-state index < -0.39 is 0 Å². The van der Waals surface area contributed by atoms with Crippen LogP contribution in [0.1, 0.15) is 0 Å². The molecule has 2 N–H and O–H groups in total. The summed E-state index contributed by atoms with van der Waals surface area (Å²) in [6, 6.07) is 0. The van der Waals surface area contributed by atoms with Crippen LogP contribution in [0.2, 0.25) is 0 Å². The van der Waals surface area contributed by atoms with Gasteiger partial charge in [-0.25, -0.2) is 0 Å². The van der Waals surface area contributed by atoms with Crippen molar-refractivity contribution < 1.29 is 0 Å². The van der Waals surface area contributed by atoms with Crippen LogP contribution in [0.15, 0.2) is 0 Å². The highest BCUT2D eigenvalue weighted by molar-refractivity contribution is 5.04. The van der Waals surface area contributed by atoms with Gasteiger partial charge < -0.3 is 10.6 Å². The van der Waals surface area contributed by atoms with Crippen molar-refractivity contribution in [1.29, 1.82) is 0 Å². The molecule has 0 radical (unpaired) electrons. The van der Waals surface area contributed by atoms with Gasteiger partial charge in [0.25, 0.3) is 0 Å². The molecule has 0 amide bonds. The summed E-state index contributed by atoms with van der Waals surface area (Å²) in [6.07, 6.45) is 0. The molecule has 0 aromatic heterocycles. The molecule has 1 heterocycles. The number of hydrogen-bond donors (Lipinski definition) is 1. The van der Waals surface area contributed by atoms with Gasteiger partial charge in [0.05, 0.1) is 0 Å². The van der Waals surface area contributed by atoms with E-state index in [9.17, 15) is 0 Å². The molecular weight excluding hydrogens is 112 g/mol. The number of fused-ring (bicyclic) bond motifs is 1. The van der Waals surface area contributed by atoms with E-state index in [0.717, 1.165) is 24.3 Å². The molecule has 0 spiro atoms. The summed E-state index contributed by atoms with van der Waals surface area (Å²) >= 11 is 0. The second-order valence-corrected chi connectivity index (χ2v) is 3.45. The largest absolute Gasteiger partial charge is 0.330 e. The first kappa shape index (κ1) is 5.69. The molecule has 2 fully saturated rings. The molecule has 1 aliphatic carbocycles. The Bertz CT molecular complexity index is 112. The van der Waals surface area contributed by atoms with Crippen molar-refractivity contribution in [2.75, 3.05) is 26.7 Å². The standard InChI is InChI=1S/C7H14N2/c1-9-3-6-5(2-8)7(6)4-9/h5-7H,2-4,8H2,1H3. The number of hydrogen-bond acceptors (Lipinski definition) is 2. The summed E-state index contributed by atoms with van der Waals surface area (Å²) in [5.74, 6) is 2.83. The molecule has 2 aliphatic rings. The van der Waals surface area contributed by atoms with Gasteiger partial charge in [-0.3, -0.25) is 0 Å². The van der Waals surface area contributed by atoms with Crippen molar-refractivity contribution in [2.24, 2.45) is 23.5 Å². The third-order valence-corrected chi connectivity index (χ3v) is 2.83. The zero-order valence-corrected chi connectivity index (χ0v) is 5.88. The van der Waals surface area contributed by atoms with Gasteiger partial charge in [-0.2, -0.15) is 0 Å². The Labute approximate surface area is 56.0 Å². The lowest BCUT2D eigenvalue weighted by Gasteiger charge is -2.10. The maximum Gasteiger partial charge on any atom is 0.00132 e. The minimum atomic E-state index is 0.890. The molecule has 0 aromatic carbocycles. The van der Waals surface area contributed by atoms with Crippen molar-refractivity contribution in [2.45, 2.75) is 0 Å². The van der Waals surface area contributed by atoms with Gasteiger partial charge in [-0.15, -0.1) is 0 Å². The normalized spacial score (nSPS) is 49.3. The average Bonchev–Trinajstić information content (AvgIpc) is 2.30. The summed E-state index contributed by atoms with van der Waals surface area (Å²) in [5.41, 5.74) is 5.55. The Hall–Kier alpha value is -0.0800. The molecule has 2 unspecified atom stereocenters. The van der Waals surface area contributed by atoms with Crippen LogP contribution in [0, 0.1) is 17.8 Å². The van der Waals surface area contributed by atoms with E-state index in [1.807, 2.05) is 0 Å². The molecule has 1 saturated heterocycles. The van der Waals surface area contributed by atoms with E-state index in [4.69, 9.17) is 5.73 Å². The first-order chi connectivity index (χ1) is 4.33. The van der Waals surface area contributed by atoms with Crippen LogP contribution < -0.4 is 5.73 Å². The minimum Gasteiger partial charge on any atom is -0.330 e. The molecule has 2 rings (SSSR count). The quantitative estimate of drug-likeness (QED) is 0.525. The van der Waals surface area contributed by atoms with Crippen LogP contribution >= 0.6 is 0 Å². The Morgan fingerprint density at radius 2 is 2.00 bits per heavy atom. The predicted octanol–water partition coefficient (Wildman–Crippen LogP) is -0.247. The van der Waals surface area contributed by atoms with Crippen molar-refractivity contribution in [3.05, 3.63) is 0 Å². The third kappa shape index (κ3) is 0.700. The smallest absolute Gasteiger partial charge is 0.00132 e. The molecule has 1 saturated carbocycles. The van der Waals surface area contributed by atoms with E-state index in [0.29, 0.717) is 0 Å². The van der Waals surface area contributed by atoms with Crippen LogP contribution in [0.25, 0.3) is 0 Å².